The van der Waals surface area contributed by atoms with Gasteiger partial charge in [-0.25, -0.2) is 0 Å². The van der Waals surface area contributed by atoms with Gasteiger partial charge in [0.25, 0.3) is 0 Å². The predicted octanol–water partition coefficient (Wildman–Crippen LogP) is 3.77. The number of H-pyrrole nitrogens is 1. The molecule has 1 N–H and O–H groups in total. The standard InChI is InChI=1S/C21H24F3N5O/c1-28-12-15(11-25-28)13-29-8-6-16(14-29)20-10-18(26-27-20)7-9-30-19-4-2-17(3-5-19)21(22,23)24/h2-5,10-12,16H,6-9,13-14H2,1H3,(H,26,27)/t16-/m1/s1. The zero-order chi connectivity index (χ0) is 21.1. The summed E-state index contributed by atoms with van der Waals surface area (Å²) < 4.78 is 45.2. The first-order valence-corrected chi connectivity index (χ1v) is 9.91. The average molecular weight is 419 g/mol. The predicted molar refractivity (Wildman–Crippen MR) is 105 cm³/mol. The number of likely N-dealkylation sites (tertiary alicyclic amines) is 1. The van der Waals surface area contributed by atoms with Crippen LogP contribution in [0.3, 0.4) is 0 Å². The Morgan fingerprint density at radius 3 is 2.73 bits per heavy atom. The van der Waals surface area contributed by atoms with Crippen molar-refractivity contribution in [3.8, 4) is 5.75 Å². The molecule has 0 unspecified atom stereocenters. The number of benzene rings is 1. The van der Waals surface area contributed by atoms with Crippen LogP contribution in [0.2, 0.25) is 0 Å². The van der Waals surface area contributed by atoms with E-state index in [2.05, 4.69) is 26.3 Å². The van der Waals surface area contributed by atoms with E-state index < -0.39 is 11.7 Å². The second-order valence-electron chi connectivity index (χ2n) is 7.68. The number of hydrogen-bond donors (Lipinski definition) is 1. The van der Waals surface area contributed by atoms with E-state index in [4.69, 9.17) is 4.74 Å². The Labute approximate surface area is 172 Å². The van der Waals surface area contributed by atoms with Crippen molar-refractivity contribution in [1.82, 2.24) is 24.9 Å². The molecule has 0 aliphatic carbocycles. The van der Waals surface area contributed by atoms with Gasteiger partial charge in [-0.05, 0) is 43.3 Å². The first kappa shape index (κ1) is 20.5. The molecule has 1 aliphatic rings. The van der Waals surface area contributed by atoms with Gasteiger partial charge in [0.15, 0.2) is 0 Å². The van der Waals surface area contributed by atoms with Crippen molar-refractivity contribution in [1.29, 1.82) is 0 Å². The monoisotopic (exact) mass is 419 g/mol. The molecule has 2 aromatic heterocycles. The molecule has 0 radical (unpaired) electrons. The number of nitrogens with one attached hydrogen (secondary N) is 1. The second-order valence-corrected chi connectivity index (χ2v) is 7.68. The zero-order valence-electron chi connectivity index (χ0n) is 16.7. The topological polar surface area (TPSA) is 59.0 Å². The van der Waals surface area contributed by atoms with Crippen LogP contribution in [0, 0.1) is 0 Å². The van der Waals surface area contributed by atoms with Gasteiger partial charge in [0.1, 0.15) is 5.75 Å². The van der Waals surface area contributed by atoms with E-state index in [1.165, 1.54) is 17.7 Å². The summed E-state index contributed by atoms with van der Waals surface area (Å²) >= 11 is 0. The number of hydrogen-bond acceptors (Lipinski definition) is 4. The van der Waals surface area contributed by atoms with Crippen molar-refractivity contribution in [2.24, 2.45) is 7.05 Å². The van der Waals surface area contributed by atoms with Crippen molar-refractivity contribution in [2.75, 3.05) is 19.7 Å². The molecule has 4 rings (SSSR count). The smallest absolute Gasteiger partial charge is 0.416 e. The Balaban J connectivity index is 1.24. The van der Waals surface area contributed by atoms with E-state index in [-0.39, 0.29) is 0 Å². The lowest BCUT2D eigenvalue weighted by atomic mass is 10.0. The second kappa shape index (κ2) is 8.51. The normalized spacial score (nSPS) is 17.5. The van der Waals surface area contributed by atoms with Gasteiger partial charge in [0.2, 0.25) is 0 Å². The molecular formula is C21H24F3N5O. The maximum Gasteiger partial charge on any atom is 0.416 e. The SMILES string of the molecule is Cn1cc(CN2CC[C@@H](c3cc(CCOc4ccc(C(F)(F)F)cc4)[nH]n3)C2)cn1. The van der Waals surface area contributed by atoms with E-state index >= 15 is 0 Å². The van der Waals surface area contributed by atoms with Gasteiger partial charge in [-0.2, -0.15) is 23.4 Å². The van der Waals surface area contributed by atoms with Crippen molar-refractivity contribution < 1.29 is 17.9 Å². The van der Waals surface area contributed by atoms with Gasteiger partial charge in [-0.1, -0.05) is 0 Å². The Kier molecular flexibility index (Phi) is 5.80. The lowest BCUT2D eigenvalue weighted by Gasteiger charge is -2.13. The maximum absolute atomic E-state index is 12.6. The Morgan fingerprint density at radius 1 is 1.23 bits per heavy atom. The highest BCUT2D eigenvalue weighted by atomic mass is 19.4. The highest BCUT2D eigenvalue weighted by Gasteiger charge is 2.30. The molecule has 0 saturated carbocycles. The van der Waals surface area contributed by atoms with Gasteiger partial charge >= 0.3 is 6.18 Å². The molecule has 3 heterocycles. The fourth-order valence-electron chi connectivity index (χ4n) is 3.77. The highest BCUT2D eigenvalue weighted by molar-refractivity contribution is 5.29. The largest absolute Gasteiger partial charge is 0.493 e. The Hall–Kier alpha value is -2.81. The van der Waals surface area contributed by atoms with Crippen LogP contribution >= 0.6 is 0 Å². The lowest BCUT2D eigenvalue weighted by molar-refractivity contribution is -0.137. The fraction of sp³-hybridized carbons (Fsp3) is 0.429. The number of aryl methyl sites for hydroxylation is 1. The molecule has 6 nitrogen and oxygen atoms in total. The van der Waals surface area contributed by atoms with Crippen molar-refractivity contribution in [3.05, 3.63) is 65.2 Å². The van der Waals surface area contributed by atoms with Crippen LogP contribution in [0.5, 0.6) is 5.75 Å². The van der Waals surface area contributed by atoms with Crippen LogP contribution in [0.1, 0.15) is 34.9 Å². The number of aromatic amines is 1. The first-order valence-electron chi connectivity index (χ1n) is 9.91. The molecular weight excluding hydrogens is 395 g/mol. The van der Waals surface area contributed by atoms with Gasteiger partial charge < -0.3 is 4.74 Å². The van der Waals surface area contributed by atoms with Crippen molar-refractivity contribution in [2.45, 2.75) is 31.5 Å². The molecule has 9 heteroatoms. The van der Waals surface area contributed by atoms with Gasteiger partial charge in [-0.15, -0.1) is 0 Å². The zero-order valence-corrected chi connectivity index (χ0v) is 16.7. The number of halogens is 3. The molecule has 1 saturated heterocycles. The molecule has 160 valence electrons. The summed E-state index contributed by atoms with van der Waals surface area (Å²) in [7, 11) is 1.92. The summed E-state index contributed by atoms with van der Waals surface area (Å²) in [4.78, 5) is 2.41. The first-order chi connectivity index (χ1) is 14.4. The summed E-state index contributed by atoms with van der Waals surface area (Å²) in [6, 6.07) is 6.81. The van der Waals surface area contributed by atoms with E-state index in [0.717, 1.165) is 49.6 Å². The third-order valence-corrected chi connectivity index (χ3v) is 5.33. The van der Waals surface area contributed by atoms with Crippen LogP contribution in [0.4, 0.5) is 13.2 Å². The molecule has 3 aromatic rings. The minimum absolute atomic E-state index is 0.366. The lowest BCUT2D eigenvalue weighted by Crippen LogP contribution is -2.19. The number of nitrogens with zero attached hydrogens (tertiary/aromatic N) is 4. The highest BCUT2D eigenvalue weighted by Crippen LogP contribution is 2.30. The maximum atomic E-state index is 12.6. The van der Waals surface area contributed by atoms with Crippen molar-refractivity contribution in [3.63, 3.8) is 0 Å². The summed E-state index contributed by atoms with van der Waals surface area (Å²) in [5, 5.41) is 11.7. The average Bonchev–Trinajstić information content (AvgIpc) is 3.43. The van der Waals surface area contributed by atoms with E-state index in [1.807, 2.05) is 24.1 Å². The summed E-state index contributed by atoms with van der Waals surface area (Å²) in [5.74, 6) is 0.812. The van der Waals surface area contributed by atoms with Crippen molar-refractivity contribution >= 4 is 0 Å². The van der Waals surface area contributed by atoms with E-state index in [0.29, 0.717) is 24.7 Å². The molecule has 0 bridgehead atoms. The third kappa shape index (κ3) is 5.02. The molecule has 1 aliphatic heterocycles. The molecule has 1 fully saturated rings. The van der Waals surface area contributed by atoms with Crippen LogP contribution < -0.4 is 4.74 Å². The van der Waals surface area contributed by atoms with Crippen LogP contribution in [0.25, 0.3) is 0 Å². The summed E-state index contributed by atoms with van der Waals surface area (Å²) in [5.41, 5.74) is 2.54. The minimum atomic E-state index is -4.33. The van der Waals surface area contributed by atoms with Crippen LogP contribution in [-0.2, 0) is 26.2 Å². The number of ether oxygens (including phenoxy) is 1. The van der Waals surface area contributed by atoms with Gasteiger partial charge in [0, 0.05) is 49.9 Å². The summed E-state index contributed by atoms with van der Waals surface area (Å²) in [6.45, 7) is 3.24. The molecule has 1 atom stereocenters. The van der Waals surface area contributed by atoms with E-state index in [9.17, 15) is 13.2 Å². The number of rotatable bonds is 7. The third-order valence-electron chi connectivity index (χ3n) is 5.33. The van der Waals surface area contributed by atoms with Crippen LogP contribution in [0.15, 0.2) is 42.7 Å². The molecule has 1 aromatic carbocycles. The number of alkyl halides is 3. The minimum Gasteiger partial charge on any atom is -0.493 e. The fourth-order valence-corrected chi connectivity index (χ4v) is 3.77. The molecule has 0 spiro atoms. The molecule has 0 amide bonds. The number of aromatic nitrogens is 4. The quantitative estimate of drug-likeness (QED) is 0.633. The van der Waals surface area contributed by atoms with Gasteiger partial charge in [-0.3, -0.25) is 14.7 Å². The van der Waals surface area contributed by atoms with Gasteiger partial charge in [0.05, 0.1) is 24.1 Å². The van der Waals surface area contributed by atoms with Crippen LogP contribution in [-0.4, -0.2) is 44.6 Å². The van der Waals surface area contributed by atoms with E-state index in [1.54, 1.807) is 0 Å². The Bertz CT molecular complexity index is 964. The summed E-state index contributed by atoms with van der Waals surface area (Å²) in [6.07, 6.45) is 1.28. The molecule has 30 heavy (non-hydrogen) atoms. The Morgan fingerprint density at radius 2 is 2.03 bits per heavy atom.